The van der Waals surface area contributed by atoms with Crippen molar-refractivity contribution in [3.8, 4) is 0 Å². The number of nitrogens with one attached hydrogen (secondary N) is 1. The average molecular weight is 316 g/mol. The Morgan fingerprint density at radius 3 is 2.41 bits per heavy atom. The Labute approximate surface area is 133 Å². The van der Waals surface area contributed by atoms with E-state index in [1.807, 2.05) is 38.4 Å². The van der Waals surface area contributed by atoms with Gasteiger partial charge in [0, 0.05) is 39.7 Å². The Morgan fingerprint density at radius 1 is 1.14 bits per heavy atom. The van der Waals surface area contributed by atoms with E-state index in [9.17, 15) is 9.00 Å². The smallest absolute Gasteiger partial charge is 0.255 e. The number of hydrogen-bond donors (Lipinski definition) is 1. The fourth-order valence-corrected chi connectivity index (χ4v) is 2.63. The fourth-order valence-electron chi connectivity index (χ4n) is 2.11. The number of amides is 1. The second-order valence-corrected chi connectivity index (χ2v) is 6.75. The lowest BCUT2D eigenvalue weighted by Gasteiger charge is -2.11. The molecule has 1 N–H and O–H groups in total. The molecule has 2 aromatic carbocycles. The van der Waals surface area contributed by atoms with Gasteiger partial charge in [-0.05, 0) is 56.1 Å². The maximum atomic E-state index is 12.2. The lowest BCUT2D eigenvalue weighted by atomic mass is 10.1. The molecule has 116 valence electrons. The van der Waals surface area contributed by atoms with E-state index >= 15 is 0 Å². The molecule has 0 radical (unpaired) electrons. The van der Waals surface area contributed by atoms with E-state index in [4.69, 9.17) is 0 Å². The van der Waals surface area contributed by atoms with Gasteiger partial charge in [0.2, 0.25) is 0 Å². The number of hydrogen-bond acceptors (Lipinski definition) is 3. The predicted molar refractivity (Wildman–Crippen MR) is 90.6 cm³/mol. The van der Waals surface area contributed by atoms with Crippen molar-refractivity contribution in [1.82, 2.24) is 4.90 Å². The summed E-state index contributed by atoms with van der Waals surface area (Å²) in [4.78, 5) is 15.0. The molecule has 22 heavy (non-hydrogen) atoms. The number of nitrogens with zero attached hydrogens (tertiary/aromatic N) is 1. The van der Waals surface area contributed by atoms with Crippen LogP contribution in [0.25, 0.3) is 0 Å². The molecule has 0 aromatic heterocycles. The minimum absolute atomic E-state index is 0.171. The molecule has 5 heteroatoms. The molecule has 0 spiro atoms. The van der Waals surface area contributed by atoms with E-state index in [1.165, 1.54) is 0 Å². The van der Waals surface area contributed by atoms with Crippen LogP contribution in [0.2, 0.25) is 0 Å². The molecule has 2 aromatic rings. The first kappa shape index (κ1) is 16.4. The summed E-state index contributed by atoms with van der Waals surface area (Å²) in [5.41, 5.74) is 2.46. The molecule has 1 atom stereocenters. The van der Waals surface area contributed by atoms with E-state index in [-0.39, 0.29) is 5.91 Å². The molecule has 2 rings (SSSR count). The summed E-state index contributed by atoms with van der Waals surface area (Å²) < 4.78 is 11.3. The van der Waals surface area contributed by atoms with Gasteiger partial charge < -0.3 is 10.2 Å². The molecule has 0 aliphatic rings. The van der Waals surface area contributed by atoms with Crippen LogP contribution in [0.4, 0.5) is 5.69 Å². The van der Waals surface area contributed by atoms with Gasteiger partial charge in [0.1, 0.15) is 0 Å². The Balaban J connectivity index is 2.09. The Morgan fingerprint density at radius 2 is 1.82 bits per heavy atom. The van der Waals surface area contributed by atoms with Gasteiger partial charge in [0.25, 0.3) is 5.91 Å². The number of anilines is 1. The summed E-state index contributed by atoms with van der Waals surface area (Å²) in [6.07, 6.45) is 1.62. The third-order valence-electron chi connectivity index (χ3n) is 3.13. The van der Waals surface area contributed by atoms with Crippen LogP contribution in [0.3, 0.4) is 0 Å². The highest BCUT2D eigenvalue weighted by Crippen LogP contribution is 2.14. The van der Waals surface area contributed by atoms with Crippen LogP contribution in [0, 0.1) is 0 Å². The zero-order chi connectivity index (χ0) is 16.1. The van der Waals surface area contributed by atoms with Gasteiger partial charge in [0.15, 0.2) is 0 Å². The van der Waals surface area contributed by atoms with Crippen LogP contribution >= 0.6 is 0 Å². The quantitative estimate of drug-likeness (QED) is 0.923. The fraction of sp³-hybridized carbons (Fsp3) is 0.235. The molecule has 1 amide bonds. The van der Waals surface area contributed by atoms with Gasteiger partial charge in [-0.1, -0.05) is 12.1 Å². The average Bonchev–Trinajstić information content (AvgIpc) is 2.47. The van der Waals surface area contributed by atoms with Crippen molar-refractivity contribution >= 4 is 22.4 Å². The van der Waals surface area contributed by atoms with Crippen LogP contribution < -0.4 is 5.32 Å². The molecule has 0 heterocycles. The van der Waals surface area contributed by atoms with Gasteiger partial charge in [-0.15, -0.1) is 0 Å². The van der Waals surface area contributed by atoms with E-state index < -0.39 is 10.8 Å². The number of benzene rings is 2. The minimum atomic E-state index is -1.03. The summed E-state index contributed by atoms with van der Waals surface area (Å²) in [6, 6.07) is 14.6. The lowest BCUT2D eigenvalue weighted by Crippen LogP contribution is -2.13. The topological polar surface area (TPSA) is 49.4 Å². The molecular weight excluding hydrogens is 296 g/mol. The highest BCUT2D eigenvalue weighted by molar-refractivity contribution is 7.84. The van der Waals surface area contributed by atoms with Crippen molar-refractivity contribution < 1.29 is 9.00 Å². The van der Waals surface area contributed by atoms with Gasteiger partial charge in [-0.3, -0.25) is 9.00 Å². The highest BCUT2D eigenvalue weighted by atomic mass is 32.2. The lowest BCUT2D eigenvalue weighted by molar-refractivity contribution is 0.102. The van der Waals surface area contributed by atoms with E-state index in [0.29, 0.717) is 10.5 Å². The van der Waals surface area contributed by atoms with Crippen LogP contribution in [0.15, 0.2) is 53.4 Å². The predicted octanol–water partition coefficient (Wildman–Crippen LogP) is 2.74. The molecule has 1 unspecified atom stereocenters. The minimum Gasteiger partial charge on any atom is -0.322 e. The number of carbonyl (C=O) groups is 1. The number of rotatable bonds is 5. The second kappa shape index (κ2) is 7.33. The van der Waals surface area contributed by atoms with Gasteiger partial charge in [-0.25, -0.2) is 0 Å². The van der Waals surface area contributed by atoms with Crippen molar-refractivity contribution in [2.75, 3.05) is 25.7 Å². The summed E-state index contributed by atoms with van der Waals surface area (Å²) in [6.45, 7) is 0.820. The SMILES string of the molecule is CN(C)Cc1cccc(NC(=O)c2ccc(S(C)=O)cc2)c1. The molecule has 0 saturated heterocycles. The van der Waals surface area contributed by atoms with E-state index in [2.05, 4.69) is 10.2 Å². The summed E-state index contributed by atoms with van der Waals surface area (Å²) in [5.74, 6) is -0.171. The third-order valence-corrected chi connectivity index (χ3v) is 4.07. The van der Waals surface area contributed by atoms with Gasteiger partial charge in [0.05, 0.1) is 0 Å². The van der Waals surface area contributed by atoms with E-state index in [1.54, 1.807) is 30.5 Å². The van der Waals surface area contributed by atoms with Crippen LogP contribution in [0.5, 0.6) is 0 Å². The Hall–Kier alpha value is -1.98. The molecule has 0 bridgehead atoms. The molecular formula is C17H20N2O2S. The van der Waals surface area contributed by atoms with Crippen molar-refractivity contribution in [1.29, 1.82) is 0 Å². The Bertz CT molecular complexity index is 681. The first-order chi connectivity index (χ1) is 10.5. The third kappa shape index (κ3) is 4.51. The van der Waals surface area contributed by atoms with Crippen LogP contribution in [0.1, 0.15) is 15.9 Å². The molecule has 0 fully saturated rings. The van der Waals surface area contributed by atoms with Crippen LogP contribution in [-0.2, 0) is 17.3 Å². The molecule has 4 nitrogen and oxygen atoms in total. The maximum Gasteiger partial charge on any atom is 0.255 e. The standard InChI is InChI=1S/C17H20N2O2S/c1-19(2)12-13-5-4-6-15(11-13)18-17(20)14-7-9-16(10-8-14)22(3)21/h4-11H,12H2,1-3H3,(H,18,20). The summed E-state index contributed by atoms with van der Waals surface area (Å²) >= 11 is 0. The second-order valence-electron chi connectivity index (χ2n) is 5.37. The zero-order valence-electron chi connectivity index (χ0n) is 13.0. The zero-order valence-corrected chi connectivity index (χ0v) is 13.8. The first-order valence-electron chi connectivity index (χ1n) is 6.94. The van der Waals surface area contributed by atoms with Crippen molar-refractivity contribution in [2.24, 2.45) is 0 Å². The first-order valence-corrected chi connectivity index (χ1v) is 8.50. The monoisotopic (exact) mass is 316 g/mol. The maximum absolute atomic E-state index is 12.2. The summed E-state index contributed by atoms with van der Waals surface area (Å²) in [7, 11) is 2.98. The van der Waals surface area contributed by atoms with Crippen LogP contribution in [-0.4, -0.2) is 35.4 Å². The van der Waals surface area contributed by atoms with Crippen molar-refractivity contribution in [2.45, 2.75) is 11.4 Å². The number of carbonyl (C=O) groups excluding carboxylic acids is 1. The van der Waals surface area contributed by atoms with Gasteiger partial charge in [-0.2, -0.15) is 0 Å². The molecule has 0 saturated carbocycles. The molecule has 0 aliphatic carbocycles. The molecule has 0 aliphatic heterocycles. The Kier molecular flexibility index (Phi) is 5.46. The van der Waals surface area contributed by atoms with Crippen molar-refractivity contribution in [3.63, 3.8) is 0 Å². The normalized spacial score (nSPS) is 12.2. The largest absolute Gasteiger partial charge is 0.322 e. The highest BCUT2D eigenvalue weighted by Gasteiger charge is 2.07. The van der Waals surface area contributed by atoms with Crippen molar-refractivity contribution in [3.05, 3.63) is 59.7 Å². The van der Waals surface area contributed by atoms with Gasteiger partial charge >= 0.3 is 0 Å². The summed E-state index contributed by atoms with van der Waals surface area (Å²) in [5, 5.41) is 2.89. The van der Waals surface area contributed by atoms with E-state index in [0.717, 1.165) is 17.8 Å².